The largest absolute Gasteiger partial charge is 0.465 e. The van der Waals surface area contributed by atoms with E-state index in [1.54, 1.807) is 18.2 Å². The highest BCUT2D eigenvalue weighted by Crippen LogP contribution is 2.11. The summed E-state index contributed by atoms with van der Waals surface area (Å²) in [7, 11) is -1.80. The van der Waals surface area contributed by atoms with Gasteiger partial charge >= 0.3 is 5.97 Å². The average Bonchev–Trinajstić information content (AvgIpc) is 2.25. The van der Waals surface area contributed by atoms with E-state index in [1.165, 1.54) is 13.2 Å². The molecule has 0 bridgehead atoms. The lowest BCUT2D eigenvalue weighted by Crippen LogP contribution is -2.12. The zero-order valence-electron chi connectivity index (χ0n) is 9.06. The molecule has 0 saturated heterocycles. The molecule has 0 saturated carbocycles. The van der Waals surface area contributed by atoms with Crippen molar-refractivity contribution in [2.24, 2.45) is 0 Å². The standard InChI is InChI=1S/C10H13NO4S/c1-15-10(12)8-4-3-5-9(6-8)11-7-16(2,13)14/h3-6,11H,7H2,1-2H3. The van der Waals surface area contributed by atoms with Crippen LogP contribution in [0.2, 0.25) is 0 Å². The van der Waals surface area contributed by atoms with Crippen LogP contribution in [-0.2, 0) is 14.6 Å². The summed E-state index contributed by atoms with van der Waals surface area (Å²) in [6.07, 6.45) is 1.13. The van der Waals surface area contributed by atoms with Gasteiger partial charge in [-0.3, -0.25) is 0 Å². The highest BCUT2D eigenvalue weighted by molar-refractivity contribution is 7.90. The van der Waals surface area contributed by atoms with Crippen LogP contribution < -0.4 is 5.32 Å². The van der Waals surface area contributed by atoms with Crippen LogP contribution in [0.3, 0.4) is 0 Å². The predicted molar refractivity (Wildman–Crippen MR) is 61.1 cm³/mol. The minimum Gasteiger partial charge on any atom is -0.465 e. The highest BCUT2D eigenvalue weighted by Gasteiger charge is 2.06. The number of rotatable bonds is 4. The maximum absolute atomic E-state index is 11.2. The van der Waals surface area contributed by atoms with Crippen molar-refractivity contribution in [1.29, 1.82) is 0 Å². The van der Waals surface area contributed by atoms with E-state index in [0.717, 1.165) is 6.26 Å². The Balaban J connectivity index is 2.79. The quantitative estimate of drug-likeness (QED) is 0.795. The number of benzene rings is 1. The number of nitrogens with one attached hydrogen (secondary N) is 1. The smallest absolute Gasteiger partial charge is 0.337 e. The summed E-state index contributed by atoms with van der Waals surface area (Å²) in [6.45, 7) is 0. The molecule has 0 spiro atoms. The van der Waals surface area contributed by atoms with Crippen molar-refractivity contribution >= 4 is 21.5 Å². The monoisotopic (exact) mass is 243 g/mol. The van der Waals surface area contributed by atoms with Gasteiger partial charge in [0, 0.05) is 11.9 Å². The average molecular weight is 243 g/mol. The van der Waals surface area contributed by atoms with E-state index >= 15 is 0 Å². The summed E-state index contributed by atoms with van der Waals surface area (Å²) in [5, 5.41) is 2.71. The maximum atomic E-state index is 11.2. The molecule has 1 rings (SSSR count). The van der Waals surface area contributed by atoms with Gasteiger partial charge in [0.2, 0.25) is 0 Å². The van der Waals surface area contributed by atoms with Crippen LogP contribution in [0.25, 0.3) is 0 Å². The van der Waals surface area contributed by atoms with Crippen LogP contribution >= 0.6 is 0 Å². The van der Waals surface area contributed by atoms with Crippen molar-refractivity contribution in [2.45, 2.75) is 0 Å². The van der Waals surface area contributed by atoms with Crippen LogP contribution in [-0.4, -0.2) is 33.6 Å². The highest BCUT2D eigenvalue weighted by atomic mass is 32.2. The summed E-state index contributed by atoms with van der Waals surface area (Å²) < 4.78 is 26.4. The Hall–Kier alpha value is -1.56. The number of hydrogen-bond acceptors (Lipinski definition) is 5. The summed E-state index contributed by atoms with van der Waals surface area (Å²) in [5.41, 5.74) is 0.939. The van der Waals surface area contributed by atoms with Gasteiger partial charge in [-0.15, -0.1) is 0 Å². The van der Waals surface area contributed by atoms with E-state index in [2.05, 4.69) is 10.1 Å². The minimum absolute atomic E-state index is 0.169. The third kappa shape index (κ3) is 3.90. The lowest BCUT2D eigenvalue weighted by Gasteiger charge is -2.06. The zero-order valence-corrected chi connectivity index (χ0v) is 9.87. The number of sulfone groups is 1. The number of ether oxygens (including phenoxy) is 1. The first kappa shape index (κ1) is 12.5. The fourth-order valence-electron chi connectivity index (χ4n) is 1.09. The molecule has 1 aromatic rings. The van der Waals surface area contributed by atoms with Crippen molar-refractivity contribution in [3.63, 3.8) is 0 Å². The van der Waals surface area contributed by atoms with E-state index in [-0.39, 0.29) is 5.88 Å². The van der Waals surface area contributed by atoms with Crippen LogP contribution in [0, 0.1) is 0 Å². The molecule has 0 radical (unpaired) electrons. The molecule has 0 aliphatic rings. The van der Waals surface area contributed by atoms with Gasteiger partial charge in [-0.25, -0.2) is 13.2 Å². The molecule has 0 unspecified atom stereocenters. The van der Waals surface area contributed by atoms with Gasteiger partial charge in [-0.1, -0.05) is 6.07 Å². The van der Waals surface area contributed by atoms with Crippen molar-refractivity contribution < 1.29 is 17.9 Å². The summed E-state index contributed by atoms with van der Waals surface area (Å²) in [4.78, 5) is 11.2. The minimum atomic E-state index is -3.09. The van der Waals surface area contributed by atoms with Crippen molar-refractivity contribution in [3.8, 4) is 0 Å². The molecule has 0 aliphatic heterocycles. The number of carbonyl (C=O) groups excluding carboxylic acids is 1. The Morgan fingerprint density at radius 2 is 2.12 bits per heavy atom. The van der Waals surface area contributed by atoms with Crippen molar-refractivity contribution in [3.05, 3.63) is 29.8 Å². The van der Waals surface area contributed by atoms with E-state index in [4.69, 9.17) is 0 Å². The molecule has 0 fully saturated rings. The summed E-state index contributed by atoms with van der Waals surface area (Å²) >= 11 is 0. The second kappa shape index (κ2) is 4.98. The molecule has 0 heterocycles. The second-order valence-electron chi connectivity index (χ2n) is 3.32. The Bertz CT molecular complexity index is 481. The number of methoxy groups -OCH3 is 1. The molecule has 1 N–H and O–H groups in total. The predicted octanol–water partition coefficient (Wildman–Crippen LogP) is 0.887. The molecule has 16 heavy (non-hydrogen) atoms. The zero-order chi connectivity index (χ0) is 12.2. The Labute approximate surface area is 94.3 Å². The molecule has 0 atom stereocenters. The molecular weight excluding hydrogens is 230 g/mol. The molecule has 5 nitrogen and oxygen atoms in total. The molecule has 0 aliphatic carbocycles. The normalized spacial score (nSPS) is 10.9. The number of esters is 1. The van der Waals surface area contributed by atoms with Crippen LogP contribution in [0.1, 0.15) is 10.4 Å². The Kier molecular flexibility index (Phi) is 3.89. The third-order valence-electron chi connectivity index (χ3n) is 1.82. The van der Waals surface area contributed by atoms with E-state index in [9.17, 15) is 13.2 Å². The van der Waals surface area contributed by atoms with Gasteiger partial charge in [0.15, 0.2) is 9.84 Å². The van der Waals surface area contributed by atoms with Crippen molar-refractivity contribution in [1.82, 2.24) is 0 Å². The van der Waals surface area contributed by atoms with Gasteiger partial charge in [-0.05, 0) is 18.2 Å². The first-order valence-corrected chi connectivity index (χ1v) is 6.58. The second-order valence-corrected chi connectivity index (χ2v) is 5.46. The van der Waals surface area contributed by atoms with Gasteiger partial charge in [0.25, 0.3) is 0 Å². The first-order chi connectivity index (χ1) is 7.42. The maximum Gasteiger partial charge on any atom is 0.337 e. The SMILES string of the molecule is COC(=O)c1cccc(NCS(C)(=O)=O)c1. The fourth-order valence-corrected chi connectivity index (χ4v) is 1.52. The van der Waals surface area contributed by atoms with Gasteiger partial charge in [0.1, 0.15) is 5.88 Å². The van der Waals surface area contributed by atoms with Crippen LogP contribution in [0.4, 0.5) is 5.69 Å². The Morgan fingerprint density at radius 3 is 2.69 bits per heavy atom. The first-order valence-electron chi connectivity index (χ1n) is 4.52. The van der Waals surface area contributed by atoms with Gasteiger partial charge in [-0.2, -0.15) is 0 Å². The molecular formula is C10H13NO4S. The van der Waals surface area contributed by atoms with Crippen LogP contribution in [0.5, 0.6) is 0 Å². The molecule has 6 heteroatoms. The lowest BCUT2D eigenvalue weighted by molar-refractivity contribution is 0.0601. The Morgan fingerprint density at radius 1 is 1.44 bits per heavy atom. The number of carbonyl (C=O) groups is 1. The molecule has 0 amide bonds. The lowest BCUT2D eigenvalue weighted by atomic mass is 10.2. The summed E-state index contributed by atoms with van der Waals surface area (Å²) in [5.74, 6) is -0.625. The van der Waals surface area contributed by atoms with Gasteiger partial charge < -0.3 is 10.1 Å². The topological polar surface area (TPSA) is 72.5 Å². The molecule has 88 valence electrons. The summed E-state index contributed by atoms with van der Waals surface area (Å²) in [6, 6.07) is 6.46. The van der Waals surface area contributed by atoms with E-state index < -0.39 is 15.8 Å². The molecule has 1 aromatic carbocycles. The van der Waals surface area contributed by atoms with Crippen molar-refractivity contribution in [2.75, 3.05) is 24.6 Å². The third-order valence-corrected chi connectivity index (χ3v) is 2.49. The van der Waals surface area contributed by atoms with Crippen LogP contribution in [0.15, 0.2) is 24.3 Å². The van der Waals surface area contributed by atoms with E-state index in [1.807, 2.05) is 0 Å². The number of hydrogen-bond donors (Lipinski definition) is 1. The van der Waals surface area contributed by atoms with Gasteiger partial charge in [0.05, 0.1) is 12.7 Å². The molecule has 0 aromatic heterocycles. The number of anilines is 1. The fraction of sp³-hybridized carbons (Fsp3) is 0.300. The van der Waals surface area contributed by atoms with E-state index in [0.29, 0.717) is 11.3 Å².